The van der Waals surface area contributed by atoms with Gasteiger partial charge in [-0.2, -0.15) is 0 Å². The van der Waals surface area contributed by atoms with Gasteiger partial charge in [0, 0.05) is 24.5 Å². The first-order valence-corrected chi connectivity index (χ1v) is 11.1. The van der Waals surface area contributed by atoms with Crippen molar-refractivity contribution in [1.29, 1.82) is 0 Å². The molecule has 0 unspecified atom stereocenters. The normalized spacial score (nSPS) is 14.7. The van der Waals surface area contributed by atoms with Crippen LogP contribution in [-0.2, 0) is 4.74 Å². The summed E-state index contributed by atoms with van der Waals surface area (Å²) in [6.45, 7) is 8.42. The molecular weight excluding hydrogens is 394 g/mol. The molecule has 6 heteroatoms. The number of carbonyl (C=O) groups excluding carboxylic acids is 1. The highest BCUT2D eigenvalue weighted by atomic mass is 32.1. The Bertz CT molecular complexity index is 877. The molecule has 0 aliphatic carbocycles. The molecular formula is C24H31N3O2S. The molecule has 0 radical (unpaired) electrons. The van der Waals surface area contributed by atoms with Crippen molar-refractivity contribution in [1.82, 2.24) is 5.32 Å². The second-order valence-corrected chi connectivity index (χ2v) is 8.07. The van der Waals surface area contributed by atoms with E-state index < -0.39 is 0 Å². The number of benzene rings is 2. The van der Waals surface area contributed by atoms with E-state index >= 15 is 0 Å². The van der Waals surface area contributed by atoms with Crippen LogP contribution in [0.15, 0.2) is 42.5 Å². The summed E-state index contributed by atoms with van der Waals surface area (Å²) in [5.74, 6) is -0.320. The monoisotopic (exact) mass is 425 g/mol. The molecule has 0 bridgehead atoms. The van der Waals surface area contributed by atoms with Gasteiger partial charge in [0.15, 0.2) is 5.11 Å². The molecule has 3 rings (SSSR count). The van der Waals surface area contributed by atoms with Crippen molar-refractivity contribution < 1.29 is 9.53 Å². The van der Waals surface area contributed by atoms with Crippen LogP contribution in [0.1, 0.15) is 60.6 Å². The Labute approximate surface area is 184 Å². The highest BCUT2D eigenvalue weighted by molar-refractivity contribution is 7.80. The Hall–Kier alpha value is -2.60. The number of hydrogen-bond acceptors (Lipinski definition) is 4. The van der Waals surface area contributed by atoms with Crippen molar-refractivity contribution in [3.05, 3.63) is 59.2 Å². The van der Waals surface area contributed by atoms with Crippen LogP contribution in [0.5, 0.6) is 0 Å². The van der Waals surface area contributed by atoms with E-state index in [0.29, 0.717) is 17.3 Å². The molecule has 160 valence electrons. The fraction of sp³-hybridized carbons (Fsp3) is 0.417. The van der Waals surface area contributed by atoms with E-state index in [2.05, 4.69) is 46.7 Å². The zero-order chi connectivity index (χ0) is 21.5. The second-order valence-electron chi connectivity index (χ2n) is 7.66. The SMILES string of the molecule is CCOC(=O)c1cccc(NC(=S)N[C@@H](C)c2ccc(N3CCCCC3)cc2)c1C. The average Bonchev–Trinajstić information content (AvgIpc) is 2.76. The summed E-state index contributed by atoms with van der Waals surface area (Å²) in [6.07, 6.45) is 3.88. The molecule has 0 saturated carbocycles. The first-order chi connectivity index (χ1) is 14.5. The quantitative estimate of drug-likeness (QED) is 0.489. The lowest BCUT2D eigenvalue weighted by molar-refractivity contribution is 0.0525. The molecule has 1 saturated heterocycles. The molecule has 1 aliphatic rings. The number of ether oxygens (including phenoxy) is 1. The minimum atomic E-state index is -0.320. The summed E-state index contributed by atoms with van der Waals surface area (Å²) in [5, 5.41) is 7.07. The van der Waals surface area contributed by atoms with Crippen molar-refractivity contribution in [2.75, 3.05) is 29.9 Å². The molecule has 1 heterocycles. The smallest absolute Gasteiger partial charge is 0.338 e. The van der Waals surface area contributed by atoms with Crippen LogP contribution >= 0.6 is 12.2 Å². The third-order valence-corrected chi connectivity index (χ3v) is 5.76. The minimum Gasteiger partial charge on any atom is -0.462 e. The van der Waals surface area contributed by atoms with Gasteiger partial charge in [-0.25, -0.2) is 4.79 Å². The lowest BCUT2D eigenvalue weighted by Crippen LogP contribution is -2.31. The maximum absolute atomic E-state index is 12.1. The Morgan fingerprint density at radius 3 is 2.50 bits per heavy atom. The van der Waals surface area contributed by atoms with Gasteiger partial charge in [-0.3, -0.25) is 0 Å². The maximum atomic E-state index is 12.1. The minimum absolute atomic E-state index is 0.0638. The number of rotatable bonds is 6. The van der Waals surface area contributed by atoms with E-state index in [-0.39, 0.29) is 12.0 Å². The first kappa shape index (κ1) is 22.1. The number of anilines is 2. The molecule has 0 aromatic heterocycles. The van der Waals surface area contributed by atoms with Gasteiger partial charge >= 0.3 is 5.97 Å². The van der Waals surface area contributed by atoms with Gasteiger partial charge in [0.2, 0.25) is 0 Å². The van der Waals surface area contributed by atoms with Crippen molar-refractivity contribution >= 4 is 34.7 Å². The van der Waals surface area contributed by atoms with Crippen LogP contribution in [0.3, 0.4) is 0 Å². The highest BCUT2D eigenvalue weighted by Crippen LogP contribution is 2.23. The van der Waals surface area contributed by atoms with Crippen molar-refractivity contribution in [3.8, 4) is 0 Å². The molecule has 2 aromatic rings. The molecule has 0 amide bonds. The summed E-state index contributed by atoms with van der Waals surface area (Å²) in [5.41, 5.74) is 4.63. The van der Waals surface area contributed by atoms with E-state index in [4.69, 9.17) is 17.0 Å². The molecule has 5 nitrogen and oxygen atoms in total. The van der Waals surface area contributed by atoms with Crippen molar-refractivity contribution in [2.45, 2.75) is 46.1 Å². The highest BCUT2D eigenvalue weighted by Gasteiger charge is 2.15. The topological polar surface area (TPSA) is 53.6 Å². The van der Waals surface area contributed by atoms with Crippen LogP contribution in [0.4, 0.5) is 11.4 Å². The number of hydrogen-bond donors (Lipinski definition) is 2. The predicted molar refractivity (Wildman–Crippen MR) is 127 cm³/mol. The van der Waals surface area contributed by atoms with Crippen LogP contribution in [-0.4, -0.2) is 30.8 Å². The van der Waals surface area contributed by atoms with Crippen LogP contribution in [0.2, 0.25) is 0 Å². The largest absolute Gasteiger partial charge is 0.462 e. The summed E-state index contributed by atoms with van der Waals surface area (Å²) in [6, 6.07) is 14.3. The van der Waals surface area contributed by atoms with Gasteiger partial charge in [0.1, 0.15) is 0 Å². The van der Waals surface area contributed by atoms with Crippen molar-refractivity contribution in [2.24, 2.45) is 0 Å². The maximum Gasteiger partial charge on any atom is 0.338 e. The standard InChI is InChI=1S/C24H31N3O2S/c1-4-29-23(28)21-9-8-10-22(17(21)2)26-24(30)25-18(3)19-11-13-20(14-12-19)27-15-6-5-7-16-27/h8-14,18H,4-7,15-16H2,1-3H3,(H2,25,26,30)/t18-/m0/s1. The lowest BCUT2D eigenvalue weighted by Gasteiger charge is -2.29. The number of nitrogens with one attached hydrogen (secondary N) is 2. The Kier molecular flexibility index (Phi) is 7.69. The molecule has 1 atom stereocenters. The fourth-order valence-electron chi connectivity index (χ4n) is 3.77. The van der Waals surface area contributed by atoms with Crippen LogP contribution in [0, 0.1) is 6.92 Å². The molecule has 2 N–H and O–H groups in total. The third-order valence-electron chi connectivity index (χ3n) is 5.54. The number of nitrogens with zero attached hydrogens (tertiary/aromatic N) is 1. The van der Waals surface area contributed by atoms with E-state index in [1.807, 2.05) is 19.1 Å². The van der Waals surface area contributed by atoms with Crippen LogP contribution < -0.4 is 15.5 Å². The number of thiocarbonyl (C=S) groups is 1. The number of esters is 1. The zero-order valence-corrected chi connectivity index (χ0v) is 18.8. The van der Waals surface area contributed by atoms with E-state index in [0.717, 1.165) is 24.3 Å². The van der Waals surface area contributed by atoms with Crippen molar-refractivity contribution in [3.63, 3.8) is 0 Å². The van der Waals surface area contributed by atoms with Crippen LogP contribution in [0.25, 0.3) is 0 Å². The molecule has 30 heavy (non-hydrogen) atoms. The summed E-state index contributed by atoms with van der Waals surface area (Å²) < 4.78 is 5.13. The van der Waals surface area contributed by atoms with Gasteiger partial charge < -0.3 is 20.3 Å². The van der Waals surface area contributed by atoms with Gasteiger partial charge in [-0.05, 0) is 87.6 Å². The Morgan fingerprint density at radius 2 is 1.83 bits per heavy atom. The Balaban J connectivity index is 1.61. The molecule has 1 fully saturated rings. The first-order valence-electron chi connectivity index (χ1n) is 10.7. The molecule has 0 spiro atoms. The van der Waals surface area contributed by atoms with Gasteiger partial charge in [0.25, 0.3) is 0 Å². The number of piperidine rings is 1. The molecule has 1 aliphatic heterocycles. The molecule has 2 aromatic carbocycles. The third kappa shape index (κ3) is 5.51. The van der Waals surface area contributed by atoms with E-state index in [1.54, 1.807) is 13.0 Å². The lowest BCUT2D eigenvalue weighted by atomic mass is 10.1. The van der Waals surface area contributed by atoms with Gasteiger partial charge in [0.05, 0.1) is 18.2 Å². The number of carbonyl (C=O) groups is 1. The van der Waals surface area contributed by atoms with Gasteiger partial charge in [-0.15, -0.1) is 0 Å². The van der Waals surface area contributed by atoms with Gasteiger partial charge in [-0.1, -0.05) is 18.2 Å². The fourth-order valence-corrected chi connectivity index (χ4v) is 4.05. The van der Waals surface area contributed by atoms with E-state index in [1.165, 1.54) is 30.5 Å². The second kappa shape index (κ2) is 10.4. The zero-order valence-electron chi connectivity index (χ0n) is 18.0. The van der Waals surface area contributed by atoms with E-state index in [9.17, 15) is 4.79 Å². The average molecular weight is 426 g/mol. The summed E-state index contributed by atoms with van der Waals surface area (Å²) >= 11 is 5.51. The predicted octanol–water partition coefficient (Wildman–Crippen LogP) is 5.21. The summed E-state index contributed by atoms with van der Waals surface area (Å²) in [7, 11) is 0. The Morgan fingerprint density at radius 1 is 1.13 bits per heavy atom. The summed E-state index contributed by atoms with van der Waals surface area (Å²) in [4.78, 5) is 14.6.